The molecule has 0 aromatic heterocycles. The van der Waals surface area contributed by atoms with E-state index >= 15 is 0 Å². The Morgan fingerprint density at radius 1 is 1.04 bits per heavy atom. The summed E-state index contributed by atoms with van der Waals surface area (Å²) in [5.41, 5.74) is -0.0673. The monoisotopic (exact) mass is 387 g/mol. The Balaban J connectivity index is 2.14. The standard InChI is InChI=1S/C15H15F6NO4/c16-14(17,18)7-25-10-4-9(22-13(23)12-2-1-3-24-12)5-11(6-10)26-8-15(19,20)21/h4-6,12H,1-3,7-8H2,(H,22,23)/t12-/m1/s1. The molecule has 1 aliphatic heterocycles. The van der Waals surface area contributed by atoms with Gasteiger partial charge < -0.3 is 19.5 Å². The molecular weight excluding hydrogens is 372 g/mol. The minimum Gasteiger partial charge on any atom is -0.484 e. The number of benzene rings is 1. The maximum atomic E-state index is 12.3. The molecule has 2 rings (SSSR count). The molecule has 1 aromatic rings. The summed E-state index contributed by atoms with van der Waals surface area (Å²) in [6.45, 7) is -2.89. The summed E-state index contributed by atoms with van der Waals surface area (Å²) < 4.78 is 87.8. The highest BCUT2D eigenvalue weighted by molar-refractivity contribution is 5.94. The number of anilines is 1. The van der Waals surface area contributed by atoms with Crippen molar-refractivity contribution in [1.29, 1.82) is 0 Å². The molecule has 0 radical (unpaired) electrons. The molecule has 11 heteroatoms. The van der Waals surface area contributed by atoms with Crippen LogP contribution in [0.4, 0.5) is 32.0 Å². The molecule has 1 heterocycles. The first-order valence-corrected chi connectivity index (χ1v) is 7.48. The van der Waals surface area contributed by atoms with E-state index in [4.69, 9.17) is 4.74 Å². The molecule has 1 atom stereocenters. The molecule has 1 amide bonds. The predicted molar refractivity (Wildman–Crippen MR) is 77.1 cm³/mol. The first-order chi connectivity index (χ1) is 12.0. The zero-order valence-corrected chi connectivity index (χ0v) is 13.2. The highest BCUT2D eigenvalue weighted by Gasteiger charge is 2.30. The van der Waals surface area contributed by atoms with Crippen LogP contribution in [-0.4, -0.2) is 44.2 Å². The molecule has 1 aromatic carbocycles. The number of hydrogen-bond acceptors (Lipinski definition) is 4. The minimum atomic E-state index is -4.63. The zero-order chi connectivity index (χ0) is 19.4. The summed E-state index contributed by atoms with van der Waals surface area (Å²) in [5, 5.41) is 2.37. The van der Waals surface area contributed by atoms with Gasteiger partial charge in [0.25, 0.3) is 5.91 Å². The van der Waals surface area contributed by atoms with Crippen molar-refractivity contribution in [2.24, 2.45) is 0 Å². The molecule has 1 saturated heterocycles. The minimum absolute atomic E-state index is 0.0673. The Kier molecular flexibility index (Phi) is 6.21. The Bertz CT molecular complexity index is 589. The average Bonchev–Trinajstić information content (AvgIpc) is 3.04. The average molecular weight is 387 g/mol. The number of ether oxygens (including phenoxy) is 3. The molecule has 0 saturated carbocycles. The highest BCUT2D eigenvalue weighted by atomic mass is 19.4. The van der Waals surface area contributed by atoms with Crippen LogP contribution in [0.2, 0.25) is 0 Å². The van der Waals surface area contributed by atoms with Gasteiger partial charge in [0.05, 0.1) is 0 Å². The van der Waals surface area contributed by atoms with Crippen molar-refractivity contribution in [3.63, 3.8) is 0 Å². The third kappa shape index (κ3) is 6.98. The predicted octanol–water partition coefficient (Wildman–Crippen LogP) is 3.69. The number of amides is 1. The molecule has 146 valence electrons. The molecular formula is C15H15F6NO4. The van der Waals surface area contributed by atoms with E-state index in [0.29, 0.717) is 19.4 Å². The highest BCUT2D eigenvalue weighted by Crippen LogP contribution is 2.29. The summed E-state index contributed by atoms with van der Waals surface area (Å²) >= 11 is 0. The number of halogens is 6. The van der Waals surface area contributed by atoms with Crippen molar-refractivity contribution in [3.05, 3.63) is 18.2 Å². The molecule has 0 unspecified atom stereocenters. The van der Waals surface area contributed by atoms with Gasteiger partial charge in [0.1, 0.15) is 17.6 Å². The van der Waals surface area contributed by atoms with Crippen LogP contribution in [-0.2, 0) is 9.53 Å². The second-order valence-electron chi connectivity index (χ2n) is 5.49. The van der Waals surface area contributed by atoms with Gasteiger partial charge in [-0.25, -0.2) is 0 Å². The lowest BCUT2D eigenvalue weighted by atomic mass is 10.2. The van der Waals surface area contributed by atoms with Crippen molar-refractivity contribution in [1.82, 2.24) is 0 Å². The normalized spacial score (nSPS) is 17.8. The number of rotatable bonds is 6. The van der Waals surface area contributed by atoms with Gasteiger partial charge in [-0.15, -0.1) is 0 Å². The van der Waals surface area contributed by atoms with Crippen LogP contribution in [0.1, 0.15) is 12.8 Å². The van der Waals surface area contributed by atoms with Gasteiger partial charge in [0, 0.05) is 30.5 Å². The maximum absolute atomic E-state index is 12.3. The van der Waals surface area contributed by atoms with Crippen LogP contribution in [0.15, 0.2) is 18.2 Å². The maximum Gasteiger partial charge on any atom is 0.422 e. The molecule has 0 bridgehead atoms. The lowest BCUT2D eigenvalue weighted by Crippen LogP contribution is -2.27. The fourth-order valence-electron chi connectivity index (χ4n) is 2.15. The Hall–Kier alpha value is -2.17. The number of hydrogen-bond donors (Lipinski definition) is 1. The SMILES string of the molecule is O=C(Nc1cc(OCC(F)(F)F)cc(OCC(F)(F)F)c1)[C@H]1CCCO1. The summed E-state index contributed by atoms with van der Waals surface area (Å²) in [6, 6.07) is 2.98. The van der Waals surface area contributed by atoms with Crippen LogP contribution >= 0.6 is 0 Å². The van der Waals surface area contributed by atoms with Gasteiger partial charge in [-0.3, -0.25) is 4.79 Å². The van der Waals surface area contributed by atoms with Gasteiger partial charge >= 0.3 is 12.4 Å². The fraction of sp³-hybridized carbons (Fsp3) is 0.533. The van der Waals surface area contributed by atoms with Gasteiger partial charge in [0.2, 0.25) is 0 Å². The molecule has 1 fully saturated rings. The van der Waals surface area contributed by atoms with E-state index in [9.17, 15) is 31.1 Å². The summed E-state index contributed by atoms with van der Waals surface area (Å²) in [7, 11) is 0. The van der Waals surface area contributed by atoms with E-state index < -0.39 is 49.1 Å². The van der Waals surface area contributed by atoms with E-state index in [0.717, 1.165) is 18.2 Å². The van der Waals surface area contributed by atoms with Crippen LogP contribution < -0.4 is 14.8 Å². The van der Waals surface area contributed by atoms with Crippen LogP contribution in [0.25, 0.3) is 0 Å². The molecule has 0 spiro atoms. The third-order valence-corrected chi connectivity index (χ3v) is 3.17. The Morgan fingerprint density at radius 3 is 2.00 bits per heavy atom. The van der Waals surface area contributed by atoms with Gasteiger partial charge in [-0.2, -0.15) is 26.3 Å². The number of nitrogens with one attached hydrogen (secondary N) is 1. The van der Waals surface area contributed by atoms with Crippen LogP contribution in [0.5, 0.6) is 11.5 Å². The molecule has 5 nitrogen and oxygen atoms in total. The van der Waals surface area contributed by atoms with E-state index in [1.54, 1.807) is 0 Å². The Labute approximate surface area is 144 Å². The van der Waals surface area contributed by atoms with E-state index in [1.807, 2.05) is 0 Å². The van der Waals surface area contributed by atoms with Crippen molar-refractivity contribution >= 4 is 11.6 Å². The fourth-order valence-corrected chi connectivity index (χ4v) is 2.15. The largest absolute Gasteiger partial charge is 0.484 e. The first kappa shape index (κ1) is 20.1. The zero-order valence-electron chi connectivity index (χ0n) is 13.2. The Morgan fingerprint density at radius 2 is 1.58 bits per heavy atom. The summed E-state index contributed by atoms with van der Waals surface area (Å²) in [5.74, 6) is -1.36. The van der Waals surface area contributed by atoms with Gasteiger partial charge in [-0.05, 0) is 12.8 Å². The molecule has 1 aliphatic rings. The topological polar surface area (TPSA) is 56.8 Å². The van der Waals surface area contributed by atoms with E-state index in [-0.39, 0.29) is 5.69 Å². The van der Waals surface area contributed by atoms with E-state index in [1.165, 1.54) is 0 Å². The lowest BCUT2D eigenvalue weighted by molar-refractivity contribution is -0.153. The molecule has 0 aliphatic carbocycles. The van der Waals surface area contributed by atoms with Gasteiger partial charge in [0.15, 0.2) is 13.2 Å². The van der Waals surface area contributed by atoms with Crippen molar-refractivity contribution in [3.8, 4) is 11.5 Å². The third-order valence-electron chi connectivity index (χ3n) is 3.17. The summed E-state index contributed by atoms with van der Waals surface area (Å²) in [6.07, 6.45) is -8.86. The van der Waals surface area contributed by atoms with E-state index in [2.05, 4.69) is 14.8 Å². The van der Waals surface area contributed by atoms with Crippen molar-refractivity contribution in [2.45, 2.75) is 31.3 Å². The molecule has 26 heavy (non-hydrogen) atoms. The number of carbonyl (C=O) groups excluding carboxylic acids is 1. The molecule has 1 N–H and O–H groups in total. The van der Waals surface area contributed by atoms with Crippen molar-refractivity contribution < 1.29 is 45.3 Å². The smallest absolute Gasteiger partial charge is 0.422 e. The lowest BCUT2D eigenvalue weighted by Gasteiger charge is -2.16. The number of alkyl halides is 6. The van der Waals surface area contributed by atoms with Gasteiger partial charge in [-0.1, -0.05) is 0 Å². The summed E-state index contributed by atoms with van der Waals surface area (Å²) in [4.78, 5) is 12.0. The second-order valence-corrected chi connectivity index (χ2v) is 5.49. The quantitative estimate of drug-likeness (QED) is 0.757. The second kappa shape index (κ2) is 8.02. The van der Waals surface area contributed by atoms with Crippen molar-refractivity contribution in [2.75, 3.05) is 25.1 Å². The number of carbonyl (C=O) groups is 1. The first-order valence-electron chi connectivity index (χ1n) is 7.48. The van der Waals surface area contributed by atoms with Crippen LogP contribution in [0, 0.1) is 0 Å². The van der Waals surface area contributed by atoms with Crippen LogP contribution in [0.3, 0.4) is 0 Å².